The summed E-state index contributed by atoms with van der Waals surface area (Å²) in [6.45, 7) is 9.81. The van der Waals surface area contributed by atoms with Crippen LogP contribution < -0.4 is 0 Å². The van der Waals surface area contributed by atoms with Crippen molar-refractivity contribution in [3.8, 4) is 0 Å². The van der Waals surface area contributed by atoms with Gasteiger partial charge in [0.05, 0.1) is 13.2 Å². The van der Waals surface area contributed by atoms with Crippen LogP contribution in [0.25, 0.3) is 0 Å². The van der Waals surface area contributed by atoms with Crippen molar-refractivity contribution in [1.82, 2.24) is 4.90 Å². The highest BCUT2D eigenvalue weighted by molar-refractivity contribution is 6.17. The quantitative estimate of drug-likeness (QED) is 0.556. The minimum Gasteiger partial charge on any atom is -0.379 e. The number of ether oxygens (including phenoxy) is 1. The number of alkyl halides is 1. The summed E-state index contributed by atoms with van der Waals surface area (Å²) in [5, 5.41) is 0. The van der Waals surface area contributed by atoms with Gasteiger partial charge in [0.25, 0.3) is 0 Å². The molecule has 1 rings (SSSR count). The summed E-state index contributed by atoms with van der Waals surface area (Å²) in [7, 11) is 2.13. The molecule has 0 spiro atoms. The first-order valence-electron chi connectivity index (χ1n) is 6.43. The number of halogens is 1. The summed E-state index contributed by atoms with van der Waals surface area (Å²) in [4.78, 5) is 2.29. The topological polar surface area (TPSA) is 12.5 Å². The monoisotopic (exact) mass is 269 g/mol. The molecule has 0 radical (unpaired) electrons. The van der Waals surface area contributed by atoms with Crippen LogP contribution in [0.1, 0.15) is 22.3 Å². The van der Waals surface area contributed by atoms with Gasteiger partial charge in [-0.25, -0.2) is 0 Å². The summed E-state index contributed by atoms with van der Waals surface area (Å²) < 4.78 is 5.40. The molecule has 2 nitrogen and oxygen atoms in total. The van der Waals surface area contributed by atoms with E-state index in [-0.39, 0.29) is 0 Å². The molecule has 1 aromatic carbocycles. The van der Waals surface area contributed by atoms with Crippen LogP contribution in [0.3, 0.4) is 0 Å². The van der Waals surface area contributed by atoms with E-state index in [1.165, 1.54) is 22.3 Å². The molecule has 0 saturated heterocycles. The minimum atomic E-state index is 0.569. The van der Waals surface area contributed by atoms with Gasteiger partial charge in [-0.3, -0.25) is 4.90 Å². The van der Waals surface area contributed by atoms with E-state index < -0.39 is 0 Å². The number of likely N-dealkylation sites (N-methyl/N-ethyl adjacent to an activating group) is 1. The van der Waals surface area contributed by atoms with Gasteiger partial charge in [-0.2, -0.15) is 0 Å². The van der Waals surface area contributed by atoms with Gasteiger partial charge < -0.3 is 4.74 Å². The van der Waals surface area contributed by atoms with Gasteiger partial charge in [0.15, 0.2) is 0 Å². The lowest BCUT2D eigenvalue weighted by Gasteiger charge is -2.20. The molecule has 0 unspecified atom stereocenters. The van der Waals surface area contributed by atoms with Crippen molar-refractivity contribution >= 4 is 11.6 Å². The van der Waals surface area contributed by atoms with Crippen molar-refractivity contribution in [2.24, 2.45) is 0 Å². The summed E-state index contributed by atoms with van der Waals surface area (Å²) >= 11 is 5.56. The Labute approximate surface area is 116 Å². The first-order valence-corrected chi connectivity index (χ1v) is 6.97. The third-order valence-electron chi connectivity index (χ3n) is 3.11. The van der Waals surface area contributed by atoms with Gasteiger partial charge in [-0.1, -0.05) is 17.7 Å². The number of nitrogens with zero attached hydrogens (tertiary/aromatic N) is 1. The molecule has 0 aliphatic heterocycles. The number of benzene rings is 1. The highest BCUT2D eigenvalue weighted by atomic mass is 35.5. The Kier molecular flexibility index (Phi) is 6.69. The van der Waals surface area contributed by atoms with Gasteiger partial charge in [0.2, 0.25) is 0 Å². The van der Waals surface area contributed by atoms with Crippen LogP contribution in [0.5, 0.6) is 0 Å². The lowest BCUT2D eigenvalue weighted by Crippen LogP contribution is -2.24. The first-order chi connectivity index (χ1) is 8.54. The van der Waals surface area contributed by atoms with Gasteiger partial charge >= 0.3 is 0 Å². The highest BCUT2D eigenvalue weighted by Crippen LogP contribution is 2.17. The minimum absolute atomic E-state index is 0.569. The molecule has 0 aliphatic carbocycles. The predicted octanol–water partition coefficient (Wildman–Crippen LogP) is 3.30. The maximum Gasteiger partial charge on any atom is 0.0602 e. The fraction of sp³-hybridized carbons (Fsp3) is 0.600. The molecule has 0 saturated carbocycles. The molecule has 3 heteroatoms. The van der Waals surface area contributed by atoms with Crippen LogP contribution in [0.15, 0.2) is 12.1 Å². The zero-order valence-corrected chi connectivity index (χ0v) is 12.7. The van der Waals surface area contributed by atoms with Crippen LogP contribution in [0.2, 0.25) is 0 Å². The van der Waals surface area contributed by atoms with E-state index in [0.717, 1.165) is 19.7 Å². The predicted molar refractivity (Wildman–Crippen MR) is 78.5 cm³/mol. The van der Waals surface area contributed by atoms with Crippen molar-refractivity contribution in [1.29, 1.82) is 0 Å². The molecule has 0 amide bonds. The number of hydrogen-bond acceptors (Lipinski definition) is 2. The summed E-state index contributed by atoms with van der Waals surface area (Å²) in [5.74, 6) is 0.569. The molecule has 0 bridgehead atoms. The van der Waals surface area contributed by atoms with Crippen LogP contribution in [0.4, 0.5) is 0 Å². The van der Waals surface area contributed by atoms with Crippen molar-refractivity contribution < 1.29 is 4.74 Å². The second kappa shape index (κ2) is 7.78. The van der Waals surface area contributed by atoms with Crippen molar-refractivity contribution in [2.45, 2.75) is 27.3 Å². The van der Waals surface area contributed by atoms with E-state index in [9.17, 15) is 0 Å². The highest BCUT2D eigenvalue weighted by Gasteiger charge is 2.07. The van der Waals surface area contributed by atoms with Gasteiger partial charge in [-0.05, 0) is 44.5 Å². The molecule has 0 aromatic heterocycles. The lowest BCUT2D eigenvalue weighted by atomic mass is 9.99. The standard InChI is InChI=1S/C15H24ClNO/c1-12-9-13(2)15(14(3)10-12)11-17(4)6-8-18-7-5-16/h9-10H,5-8,11H2,1-4H3. The Balaban J connectivity index is 2.51. The zero-order valence-electron chi connectivity index (χ0n) is 11.9. The van der Waals surface area contributed by atoms with Gasteiger partial charge in [-0.15, -0.1) is 11.6 Å². The molecule has 18 heavy (non-hydrogen) atoms. The van der Waals surface area contributed by atoms with Crippen molar-refractivity contribution in [2.75, 3.05) is 32.7 Å². The van der Waals surface area contributed by atoms with Crippen LogP contribution >= 0.6 is 11.6 Å². The van der Waals surface area contributed by atoms with E-state index in [0.29, 0.717) is 12.5 Å². The second-order valence-electron chi connectivity index (χ2n) is 4.92. The Morgan fingerprint density at radius 1 is 1.11 bits per heavy atom. The number of rotatable bonds is 7. The first kappa shape index (κ1) is 15.5. The zero-order chi connectivity index (χ0) is 13.5. The SMILES string of the molecule is Cc1cc(C)c(CN(C)CCOCCCl)c(C)c1. The molecular formula is C15H24ClNO. The van der Waals surface area contributed by atoms with Crippen LogP contribution in [-0.4, -0.2) is 37.6 Å². The maximum absolute atomic E-state index is 5.56. The Bertz CT molecular complexity index is 356. The number of hydrogen-bond donors (Lipinski definition) is 0. The second-order valence-corrected chi connectivity index (χ2v) is 5.29. The smallest absolute Gasteiger partial charge is 0.0602 e. The third-order valence-corrected chi connectivity index (χ3v) is 3.26. The third kappa shape index (κ3) is 4.97. The maximum atomic E-state index is 5.56. The fourth-order valence-electron chi connectivity index (χ4n) is 2.19. The fourth-order valence-corrected chi connectivity index (χ4v) is 2.29. The molecule has 0 fully saturated rings. The molecule has 0 N–H and O–H groups in total. The van der Waals surface area contributed by atoms with Crippen molar-refractivity contribution in [3.05, 3.63) is 34.4 Å². The van der Waals surface area contributed by atoms with E-state index in [4.69, 9.17) is 16.3 Å². The van der Waals surface area contributed by atoms with Gasteiger partial charge in [0.1, 0.15) is 0 Å². The number of aryl methyl sites for hydroxylation is 3. The van der Waals surface area contributed by atoms with Crippen LogP contribution in [0, 0.1) is 20.8 Å². The molecule has 0 heterocycles. The van der Waals surface area contributed by atoms with E-state index >= 15 is 0 Å². The average Bonchev–Trinajstić information content (AvgIpc) is 2.29. The molecule has 0 aliphatic rings. The molecule has 1 aromatic rings. The largest absolute Gasteiger partial charge is 0.379 e. The van der Waals surface area contributed by atoms with E-state index in [1.807, 2.05) is 0 Å². The lowest BCUT2D eigenvalue weighted by molar-refractivity contribution is 0.121. The van der Waals surface area contributed by atoms with Gasteiger partial charge in [0, 0.05) is 19.0 Å². The van der Waals surface area contributed by atoms with E-state index in [2.05, 4.69) is 44.9 Å². The Morgan fingerprint density at radius 2 is 1.72 bits per heavy atom. The average molecular weight is 270 g/mol. The van der Waals surface area contributed by atoms with Crippen molar-refractivity contribution in [3.63, 3.8) is 0 Å². The molecule has 102 valence electrons. The summed E-state index contributed by atoms with van der Waals surface area (Å²) in [6.07, 6.45) is 0. The van der Waals surface area contributed by atoms with Crippen LogP contribution in [-0.2, 0) is 11.3 Å². The van der Waals surface area contributed by atoms with E-state index in [1.54, 1.807) is 0 Å². The Hall–Kier alpha value is -0.570. The molecular weight excluding hydrogens is 246 g/mol. The Morgan fingerprint density at radius 3 is 2.28 bits per heavy atom. The molecule has 0 atom stereocenters. The summed E-state index contributed by atoms with van der Waals surface area (Å²) in [6, 6.07) is 4.50. The summed E-state index contributed by atoms with van der Waals surface area (Å²) in [5.41, 5.74) is 5.52. The normalized spacial score (nSPS) is 11.2.